The van der Waals surface area contributed by atoms with E-state index in [2.05, 4.69) is 10.5 Å². The van der Waals surface area contributed by atoms with Crippen LogP contribution in [-0.2, 0) is 17.6 Å². The lowest BCUT2D eigenvalue weighted by atomic mass is 10.0. The number of carbonyl (C=O) groups excluding carboxylic acids is 1. The molecule has 172 valence electrons. The highest BCUT2D eigenvalue weighted by atomic mass is 19.4. The number of benzene rings is 2. The first-order valence-electron chi connectivity index (χ1n) is 10.2. The number of ether oxygens (including phenoxy) is 1. The first kappa shape index (κ1) is 23.4. The number of hydrogen-bond donors (Lipinski definition) is 1. The number of alkyl halides is 3. The van der Waals surface area contributed by atoms with E-state index >= 15 is 0 Å². The van der Waals surface area contributed by atoms with Gasteiger partial charge in [0, 0.05) is 19.0 Å². The van der Waals surface area contributed by atoms with E-state index in [9.17, 15) is 18.0 Å². The number of methoxy groups -OCH3 is 1. The number of nitrogens with one attached hydrogen (secondary N) is 1. The van der Waals surface area contributed by atoms with Crippen molar-refractivity contribution in [2.45, 2.75) is 45.1 Å². The highest BCUT2D eigenvalue weighted by Gasteiger charge is 2.31. The van der Waals surface area contributed by atoms with Crippen molar-refractivity contribution >= 4 is 11.7 Å². The molecule has 0 bridgehead atoms. The van der Waals surface area contributed by atoms with Crippen molar-refractivity contribution in [3.63, 3.8) is 0 Å². The molecule has 1 unspecified atom stereocenters. The number of oxime groups is 1. The Kier molecular flexibility index (Phi) is 7.27. The third-order valence-electron chi connectivity index (χ3n) is 4.91. The molecule has 0 aliphatic carbocycles. The number of rotatable bonds is 7. The number of nitrogens with zero attached hydrogens (tertiary/aromatic N) is 2. The molecule has 0 aromatic heterocycles. The Morgan fingerprint density at radius 3 is 2.59 bits per heavy atom. The fourth-order valence-corrected chi connectivity index (χ4v) is 3.35. The van der Waals surface area contributed by atoms with Crippen LogP contribution in [-0.4, -0.2) is 42.4 Å². The van der Waals surface area contributed by atoms with Crippen LogP contribution < -0.4 is 10.1 Å². The fourth-order valence-electron chi connectivity index (χ4n) is 3.35. The summed E-state index contributed by atoms with van der Waals surface area (Å²) < 4.78 is 44.4. The maximum atomic E-state index is 13.1. The smallest absolute Gasteiger partial charge is 0.416 e. The van der Waals surface area contributed by atoms with E-state index < -0.39 is 17.8 Å². The van der Waals surface area contributed by atoms with E-state index in [1.54, 1.807) is 13.2 Å². The topological polar surface area (TPSA) is 63.2 Å². The molecule has 0 saturated heterocycles. The Hall–Kier alpha value is -3.23. The molecular weight excluding hydrogens is 423 g/mol. The van der Waals surface area contributed by atoms with Gasteiger partial charge in [-0.25, -0.2) is 4.79 Å². The van der Waals surface area contributed by atoms with Gasteiger partial charge in [0.05, 0.1) is 24.9 Å². The predicted octanol–water partition coefficient (Wildman–Crippen LogP) is 4.83. The predicted molar refractivity (Wildman–Crippen MR) is 115 cm³/mol. The lowest BCUT2D eigenvalue weighted by molar-refractivity contribution is -0.137. The molecule has 2 aromatic rings. The van der Waals surface area contributed by atoms with Gasteiger partial charge in [0.1, 0.15) is 5.75 Å². The third-order valence-corrected chi connectivity index (χ3v) is 4.91. The number of urea groups is 1. The van der Waals surface area contributed by atoms with E-state index in [0.29, 0.717) is 12.0 Å². The summed E-state index contributed by atoms with van der Waals surface area (Å²) in [6.45, 7) is 3.83. The first-order valence-corrected chi connectivity index (χ1v) is 10.2. The minimum atomic E-state index is -4.45. The maximum absolute atomic E-state index is 13.1. The van der Waals surface area contributed by atoms with Crippen LogP contribution in [0.15, 0.2) is 53.7 Å². The lowest BCUT2D eigenvalue weighted by Crippen LogP contribution is -2.45. The maximum Gasteiger partial charge on any atom is 0.416 e. The van der Waals surface area contributed by atoms with Gasteiger partial charge in [-0.3, -0.25) is 0 Å². The van der Waals surface area contributed by atoms with Crippen LogP contribution in [0.1, 0.15) is 37.0 Å². The van der Waals surface area contributed by atoms with E-state index in [-0.39, 0.29) is 25.2 Å². The summed E-state index contributed by atoms with van der Waals surface area (Å²) in [4.78, 5) is 19.7. The summed E-state index contributed by atoms with van der Waals surface area (Å²) in [6.07, 6.45) is -4.38. The molecule has 0 fully saturated rings. The van der Waals surface area contributed by atoms with E-state index in [0.717, 1.165) is 29.2 Å². The number of hydrogen-bond acceptors (Lipinski definition) is 4. The van der Waals surface area contributed by atoms with Crippen molar-refractivity contribution in [1.29, 1.82) is 0 Å². The quantitative estimate of drug-likeness (QED) is 0.659. The summed E-state index contributed by atoms with van der Waals surface area (Å²) in [5, 5.41) is 6.93. The zero-order valence-corrected chi connectivity index (χ0v) is 18.1. The van der Waals surface area contributed by atoms with E-state index in [4.69, 9.17) is 9.57 Å². The zero-order valence-electron chi connectivity index (χ0n) is 18.1. The molecule has 1 N–H and O–H groups in total. The molecule has 2 aromatic carbocycles. The van der Waals surface area contributed by atoms with Gasteiger partial charge in [-0.05, 0) is 61.4 Å². The number of halogens is 3. The van der Waals surface area contributed by atoms with Gasteiger partial charge in [-0.1, -0.05) is 17.3 Å². The van der Waals surface area contributed by atoms with Crippen molar-refractivity contribution in [3.8, 4) is 5.75 Å². The van der Waals surface area contributed by atoms with Crippen LogP contribution in [0.3, 0.4) is 0 Å². The third kappa shape index (κ3) is 6.15. The second-order valence-electron chi connectivity index (χ2n) is 7.88. The summed E-state index contributed by atoms with van der Waals surface area (Å²) in [6, 6.07) is 11.9. The minimum Gasteiger partial charge on any atom is -0.497 e. The molecule has 9 heteroatoms. The Morgan fingerprint density at radius 2 is 1.97 bits per heavy atom. The highest BCUT2D eigenvalue weighted by Crippen LogP contribution is 2.30. The summed E-state index contributed by atoms with van der Waals surface area (Å²) >= 11 is 0. The molecule has 0 radical (unpaired) electrons. The van der Waals surface area contributed by atoms with Gasteiger partial charge >= 0.3 is 12.2 Å². The van der Waals surface area contributed by atoms with Gasteiger partial charge < -0.3 is 19.8 Å². The molecule has 6 nitrogen and oxygen atoms in total. The Balaban J connectivity index is 1.71. The van der Waals surface area contributed by atoms with Gasteiger partial charge in [-0.15, -0.1) is 0 Å². The van der Waals surface area contributed by atoms with Crippen molar-refractivity contribution < 1.29 is 27.5 Å². The molecule has 1 aliphatic rings. The number of amides is 2. The van der Waals surface area contributed by atoms with Crippen molar-refractivity contribution in [3.05, 3.63) is 65.2 Å². The van der Waals surface area contributed by atoms with E-state index in [1.165, 1.54) is 11.0 Å². The molecule has 0 spiro atoms. The van der Waals surface area contributed by atoms with Crippen molar-refractivity contribution in [1.82, 2.24) is 10.2 Å². The van der Waals surface area contributed by atoms with Gasteiger partial charge in [-0.2, -0.15) is 13.2 Å². The van der Waals surface area contributed by atoms with Crippen LogP contribution in [0, 0.1) is 0 Å². The average molecular weight is 449 g/mol. The highest BCUT2D eigenvalue weighted by molar-refractivity contribution is 6.01. The van der Waals surface area contributed by atoms with Crippen LogP contribution in [0.25, 0.3) is 0 Å². The largest absolute Gasteiger partial charge is 0.497 e. The Labute approximate surface area is 185 Å². The second kappa shape index (κ2) is 9.93. The minimum absolute atomic E-state index is 0.0141. The monoisotopic (exact) mass is 449 g/mol. The SMILES string of the molecule is COc1ccc(C2=NOC(CN(Cc3cccc(C(F)(F)F)c3)C(=O)NC(C)C)C2)cc1. The Morgan fingerprint density at radius 1 is 1.25 bits per heavy atom. The molecule has 1 aliphatic heterocycles. The normalized spacial score (nSPS) is 15.8. The second-order valence-corrected chi connectivity index (χ2v) is 7.88. The first-order chi connectivity index (χ1) is 15.2. The van der Waals surface area contributed by atoms with Gasteiger partial charge in [0.25, 0.3) is 0 Å². The average Bonchev–Trinajstić information content (AvgIpc) is 3.21. The summed E-state index contributed by atoms with van der Waals surface area (Å²) in [7, 11) is 1.59. The standard InChI is InChI=1S/C23H26F3N3O3/c1-15(2)27-22(30)29(13-16-5-4-6-18(11-16)23(24,25)26)14-20-12-21(28-32-20)17-7-9-19(31-3)10-8-17/h4-11,15,20H,12-14H2,1-3H3,(H,27,30). The number of carbonyl (C=O) groups is 1. The summed E-state index contributed by atoms with van der Waals surface area (Å²) in [5.41, 5.74) is 1.25. The summed E-state index contributed by atoms with van der Waals surface area (Å²) in [5.74, 6) is 0.724. The molecule has 32 heavy (non-hydrogen) atoms. The van der Waals surface area contributed by atoms with Gasteiger partial charge in [0.15, 0.2) is 6.10 Å². The van der Waals surface area contributed by atoms with Crippen molar-refractivity contribution in [2.24, 2.45) is 5.16 Å². The van der Waals surface area contributed by atoms with Crippen LogP contribution in [0.2, 0.25) is 0 Å². The molecular formula is C23H26F3N3O3. The molecule has 0 saturated carbocycles. The zero-order chi connectivity index (χ0) is 23.3. The molecule has 2 amide bonds. The van der Waals surface area contributed by atoms with Crippen molar-refractivity contribution in [2.75, 3.05) is 13.7 Å². The van der Waals surface area contributed by atoms with Gasteiger partial charge in [0.2, 0.25) is 0 Å². The van der Waals surface area contributed by atoms with E-state index in [1.807, 2.05) is 38.1 Å². The van der Waals surface area contributed by atoms with Crippen LogP contribution in [0.4, 0.5) is 18.0 Å². The molecule has 1 atom stereocenters. The molecule has 3 rings (SSSR count). The van der Waals surface area contributed by atoms with Crippen LogP contribution >= 0.6 is 0 Å². The lowest BCUT2D eigenvalue weighted by Gasteiger charge is -2.26. The Bertz CT molecular complexity index is 959. The molecule has 1 heterocycles. The fraction of sp³-hybridized carbons (Fsp3) is 0.391. The van der Waals surface area contributed by atoms with Crippen LogP contribution in [0.5, 0.6) is 5.75 Å².